The van der Waals surface area contributed by atoms with Crippen LogP contribution in [-0.2, 0) is 4.79 Å². The molecule has 0 spiro atoms. The van der Waals surface area contributed by atoms with E-state index >= 15 is 0 Å². The minimum atomic E-state index is -0.379. The van der Waals surface area contributed by atoms with E-state index in [-0.39, 0.29) is 11.9 Å². The van der Waals surface area contributed by atoms with Gasteiger partial charge in [-0.25, -0.2) is 0 Å². The number of likely N-dealkylation sites (N-methyl/N-ethyl adjacent to an activating group) is 1. The predicted octanol–water partition coefficient (Wildman–Crippen LogP) is 3.57. The molecule has 1 heterocycles. The molecule has 1 saturated carbocycles. The average molecular weight is 393 g/mol. The molecule has 154 valence electrons. The van der Waals surface area contributed by atoms with Crippen LogP contribution < -0.4 is 15.5 Å². The molecule has 1 aliphatic heterocycles. The van der Waals surface area contributed by atoms with Gasteiger partial charge in [-0.3, -0.25) is 4.79 Å². The van der Waals surface area contributed by atoms with Gasteiger partial charge in [0, 0.05) is 43.6 Å². The minimum Gasteiger partial charge on any atom is -0.370 e. The third kappa shape index (κ3) is 4.91. The smallest absolute Gasteiger partial charge is 0.247 e. The topological polar surface area (TPSA) is 47.6 Å². The van der Waals surface area contributed by atoms with Crippen LogP contribution in [0.25, 0.3) is 0 Å². The van der Waals surface area contributed by atoms with Crippen molar-refractivity contribution in [2.24, 2.45) is 0 Å². The Labute approximate surface area is 174 Å². The van der Waals surface area contributed by atoms with Crippen molar-refractivity contribution in [3.8, 4) is 0 Å². The van der Waals surface area contributed by atoms with Gasteiger partial charge in [0.25, 0.3) is 0 Å². The predicted molar refractivity (Wildman–Crippen MR) is 119 cm³/mol. The SMILES string of the molecule is CCN1CCN(c2ccc(N[C@H](C(=O)NC3CC3)c3ccccc3)cc2C)CC1. The van der Waals surface area contributed by atoms with Gasteiger partial charge in [-0.1, -0.05) is 37.3 Å². The Morgan fingerprint density at radius 2 is 1.79 bits per heavy atom. The first-order valence-corrected chi connectivity index (χ1v) is 10.8. The number of carbonyl (C=O) groups is 1. The van der Waals surface area contributed by atoms with Gasteiger partial charge < -0.3 is 20.4 Å². The fourth-order valence-corrected chi connectivity index (χ4v) is 4.03. The van der Waals surface area contributed by atoms with Crippen LogP contribution in [0.1, 0.15) is 36.9 Å². The molecular weight excluding hydrogens is 360 g/mol. The first-order valence-electron chi connectivity index (χ1n) is 10.8. The Hall–Kier alpha value is -2.53. The lowest BCUT2D eigenvalue weighted by Gasteiger charge is -2.36. The van der Waals surface area contributed by atoms with E-state index in [0.29, 0.717) is 6.04 Å². The van der Waals surface area contributed by atoms with Crippen LogP contribution in [-0.4, -0.2) is 49.6 Å². The Balaban J connectivity index is 1.49. The van der Waals surface area contributed by atoms with Crippen LogP contribution in [0, 0.1) is 6.92 Å². The Morgan fingerprint density at radius 3 is 2.41 bits per heavy atom. The highest BCUT2D eigenvalue weighted by molar-refractivity contribution is 5.86. The zero-order chi connectivity index (χ0) is 20.2. The van der Waals surface area contributed by atoms with Gasteiger partial charge in [0.1, 0.15) is 6.04 Å². The lowest BCUT2D eigenvalue weighted by molar-refractivity contribution is -0.122. The summed E-state index contributed by atoms with van der Waals surface area (Å²) in [5, 5.41) is 6.62. The quantitative estimate of drug-likeness (QED) is 0.756. The van der Waals surface area contributed by atoms with Crippen LogP contribution in [0.15, 0.2) is 48.5 Å². The van der Waals surface area contributed by atoms with Crippen molar-refractivity contribution in [1.82, 2.24) is 10.2 Å². The summed E-state index contributed by atoms with van der Waals surface area (Å²) in [5.41, 5.74) is 4.51. The van der Waals surface area contributed by atoms with Crippen molar-refractivity contribution in [3.63, 3.8) is 0 Å². The maximum absolute atomic E-state index is 12.9. The van der Waals surface area contributed by atoms with E-state index in [4.69, 9.17) is 0 Å². The van der Waals surface area contributed by atoms with Crippen molar-refractivity contribution in [2.75, 3.05) is 42.9 Å². The number of piperazine rings is 1. The number of hydrogen-bond donors (Lipinski definition) is 2. The highest BCUT2D eigenvalue weighted by atomic mass is 16.2. The molecule has 1 saturated heterocycles. The molecule has 29 heavy (non-hydrogen) atoms. The summed E-state index contributed by atoms with van der Waals surface area (Å²) >= 11 is 0. The van der Waals surface area contributed by atoms with E-state index in [9.17, 15) is 4.79 Å². The van der Waals surface area contributed by atoms with Crippen LogP contribution in [0.4, 0.5) is 11.4 Å². The van der Waals surface area contributed by atoms with E-state index in [2.05, 4.69) is 52.5 Å². The van der Waals surface area contributed by atoms with Gasteiger partial charge in [0.05, 0.1) is 0 Å². The lowest BCUT2D eigenvalue weighted by atomic mass is 10.0. The van der Waals surface area contributed by atoms with E-state index < -0.39 is 0 Å². The number of amides is 1. The standard InChI is InChI=1S/C24H32N4O/c1-3-27-13-15-28(16-14-27)22-12-11-21(17-18(22)2)25-23(19-7-5-4-6-8-19)24(29)26-20-9-10-20/h4-8,11-12,17,20,23,25H,3,9-10,13-16H2,1-2H3,(H,26,29)/t23-/m0/s1. The number of nitrogens with zero attached hydrogens (tertiary/aromatic N) is 2. The average Bonchev–Trinajstić information content (AvgIpc) is 3.57. The van der Waals surface area contributed by atoms with Gasteiger partial charge in [0.2, 0.25) is 5.91 Å². The zero-order valence-corrected chi connectivity index (χ0v) is 17.5. The molecule has 2 aromatic carbocycles. The Bertz CT molecular complexity index is 826. The molecule has 0 unspecified atom stereocenters. The molecule has 2 aromatic rings. The maximum Gasteiger partial charge on any atom is 0.247 e. The second-order valence-electron chi connectivity index (χ2n) is 8.19. The van der Waals surface area contributed by atoms with Gasteiger partial charge >= 0.3 is 0 Å². The Morgan fingerprint density at radius 1 is 1.07 bits per heavy atom. The summed E-state index contributed by atoms with van der Waals surface area (Å²) in [6.07, 6.45) is 2.18. The zero-order valence-electron chi connectivity index (χ0n) is 17.5. The molecular formula is C24H32N4O. The number of rotatable bonds is 7. The first kappa shape index (κ1) is 19.8. The summed E-state index contributed by atoms with van der Waals surface area (Å²) < 4.78 is 0. The first-order chi connectivity index (χ1) is 14.1. The normalized spacial score (nSPS) is 18.3. The van der Waals surface area contributed by atoms with Crippen molar-refractivity contribution in [1.29, 1.82) is 0 Å². The highest BCUT2D eigenvalue weighted by Gasteiger charge is 2.28. The highest BCUT2D eigenvalue weighted by Crippen LogP contribution is 2.28. The number of anilines is 2. The largest absolute Gasteiger partial charge is 0.370 e. The van der Waals surface area contributed by atoms with Crippen molar-refractivity contribution in [3.05, 3.63) is 59.7 Å². The lowest BCUT2D eigenvalue weighted by Crippen LogP contribution is -2.46. The second-order valence-corrected chi connectivity index (χ2v) is 8.19. The van der Waals surface area contributed by atoms with Gasteiger partial charge in [0.15, 0.2) is 0 Å². The molecule has 1 amide bonds. The molecule has 2 aliphatic rings. The molecule has 0 bridgehead atoms. The third-order valence-corrected chi connectivity index (χ3v) is 5.99. The number of hydrogen-bond acceptors (Lipinski definition) is 4. The fraction of sp³-hybridized carbons (Fsp3) is 0.458. The summed E-state index contributed by atoms with van der Waals surface area (Å²) in [5.74, 6) is 0.0520. The number of aryl methyl sites for hydroxylation is 1. The summed E-state index contributed by atoms with van der Waals surface area (Å²) in [6, 6.07) is 16.4. The van der Waals surface area contributed by atoms with Crippen molar-refractivity contribution >= 4 is 17.3 Å². The molecule has 5 nitrogen and oxygen atoms in total. The van der Waals surface area contributed by atoms with Crippen LogP contribution >= 0.6 is 0 Å². The summed E-state index contributed by atoms with van der Waals surface area (Å²) in [6.45, 7) is 9.88. The van der Waals surface area contributed by atoms with Crippen molar-refractivity contribution < 1.29 is 4.79 Å². The van der Waals surface area contributed by atoms with Crippen LogP contribution in [0.2, 0.25) is 0 Å². The molecule has 2 fully saturated rings. The van der Waals surface area contributed by atoms with Gasteiger partial charge in [-0.15, -0.1) is 0 Å². The Kier molecular flexibility index (Phi) is 6.05. The molecule has 1 atom stereocenters. The maximum atomic E-state index is 12.9. The van der Waals surface area contributed by atoms with Gasteiger partial charge in [-0.2, -0.15) is 0 Å². The van der Waals surface area contributed by atoms with Crippen molar-refractivity contribution in [2.45, 2.75) is 38.8 Å². The summed E-state index contributed by atoms with van der Waals surface area (Å²) in [4.78, 5) is 17.8. The number of nitrogens with one attached hydrogen (secondary N) is 2. The monoisotopic (exact) mass is 392 g/mol. The third-order valence-electron chi connectivity index (χ3n) is 5.99. The fourth-order valence-electron chi connectivity index (χ4n) is 4.03. The molecule has 0 radical (unpaired) electrons. The molecule has 2 N–H and O–H groups in total. The number of benzene rings is 2. The van der Waals surface area contributed by atoms with Gasteiger partial charge in [-0.05, 0) is 55.6 Å². The molecule has 4 rings (SSSR count). The minimum absolute atomic E-state index is 0.0520. The second kappa shape index (κ2) is 8.87. The van der Waals surface area contributed by atoms with E-state index in [1.807, 2.05) is 30.3 Å². The molecule has 5 heteroatoms. The molecule has 1 aliphatic carbocycles. The van der Waals surface area contributed by atoms with E-state index in [1.165, 1.54) is 11.3 Å². The van der Waals surface area contributed by atoms with Crippen LogP contribution in [0.3, 0.4) is 0 Å². The van der Waals surface area contributed by atoms with E-state index in [0.717, 1.165) is 56.8 Å². The van der Waals surface area contributed by atoms with Crippen LogP contribution in [0.5, 0.6) is 0 Å². The van der Waals surface area contributed by atoms with E-state index in [1.54, 1.807) is 0 Å². The molecule has 0 aromatic heterocycles. The number of carbonyl (C=O) groups excluding carboxylic acids is 1. The summed E-state index contributed by atoms with van der Waals surface area (Å²) in [7, 11) is 0.